The Morgan fingerprint density at radius 1 is 1.00 bits per heavy atom. The Hall–Kier alpha value is -2.69. The van der Waals surface area contributed by atoms with Gasteiger partial charge in [0.05, 0.1) is 0 Å². The van der Waals surface area contributed by atoms with Crippen LogP contribution in [0.1, 0.15) is 52.4 Å². The van der Waals surface area contributed by atoms with Gasteiger partial charge >= 0.3 is 0 Å². The van der Waals surface area contributed by atoms with Crippen LogP contribution in [0.15, 0.2) is 36.4 Å². The maximum Gasteiger partial charge on any atom is 0.274 e. The number of hydrogen-bond donors (Lipinski definition) is 2. The highest BCUT2D eigenvalue weighted by Gasteiger charge is 2.12. The lowest BCUT2D eigenvalue weighted by atomic mass is 10.1. The zero-order valence-electron chi connectivity index (χ0n) is 15.2. The Kier molecular flexibility index (Phi) is 6.28. The lowest BCUT2D eigenvalue weighted by Crippen LogP contribution is -2.27. The Morgan fingerprint density at radius 3 is 2.32 bits per heavy atom. The summed E-state index contributed by atoms with van der Waals surface area (Å²) in [6.45, 7) is 8.80. The highest BCUT2D eigenvalue weighted by atomic mass is 16.2. The Balaban J connectivity index is 2.05. The quantitative estimate of drug-likeness (QED) is 0.842. The third kappa shape index (κ3) is 5.41. The van der Waals surface area contributed by atoms with Gasteiger partial charge in [-0.2, -0.15) is 0 Å². The van der Waals surface area contributed by atoms with Gasteiger partial charge in [0.1, 0.15) is 11.4 Å². The van der Waals surface area contributed by atoms with Gasteiger partial charge in [0, 0.05) is 12.2 Å². The molecule has 0 saturated heterocycles. The van der Waals surface area contributed by atoms with E-state index in [1.54, 1.807) is 18.2 Å². The molecular weight excluding hydrogens is 314 g/mol. The van der Waals surface area contributed by atoms with Crippen LogP contribution in [-0.4, -0.2) is 23.3 Å². The van der Waals surface area contributed by atoms with Crippen molar-refractivity contribution in [2.75, 3.05) is 11.9 Å². The fourth-order valence-corrected chi connectivity index (χ4v) is 2.27. The second-order valence-corrected chi connectivity index (χ2v) is 6.60. The fourth-order valence-electron chi connectivity index (χ4n) is 2.27. The highest BCUT2D eigenvalue weighted by molar-refractivity contribution is 6.03. The molecule has 25 heavy (non-hydrogen) atoms. The van der Waals surface area contributed by atoms with E-state index in [-0.39, 0.29) is 23.2 Å². The van der Waals surface area contributed by atoms with Crippen molar-refractivity contribution >= 4 is 17.5 Å². The molecule has 1 aromatic carbocycles. The van der Waals surface area contributed by atoms with E-state index >= 15 is 0 Å². The number of amides is 2. The van der Waals surface area contributed by atoms with Gasteiger partial charge in [0.15, 0.2) is 0 Å². The summed E-state index contributed by atoms with van der Waals surface area (Å²) in [7, 11) is 0. The lowest BCUT2D eigenvalue weighted by molar-refractivity contribution is 0.0947. The molecule has 2 amide bonds. The summed E-state index contributed by atoms with van der Waals surface area (Å²) in [6, 6.07) is 10.6. The zero-order valence-corrected chi connectivity index (χ0v) is 15.2. The Labute approximate surface area is 148 Å². The van der Waals surface area contributed by atoms with Crippen molar-refractivity contribution in [3.63, 3.8) is 0 Å². The first kappa shape index (κ1) is 18.6. The summed E-state index contributed by atoms with van der Waals surface area (Å²) >= 11 is 0. The van der Waals surface area contributed by atoms with Crippen LogP contribution in [0.2, 0.25) is 0 Å². The monoisotopic (exact) mass is 339 g/mol. The van der Waals surface area contributed by atoms with Gasteiger partial charge in [0.25, 0.3) is 11.8 Å². The average molecular weight is 339 g/mol. The highest BCUT2D eigenvalue weighted by Crippen LogP contribution is 2.15. The van der Waals surface area contributed by atoms with Crippen molar-refractivity contribution in [1.82, 2.24) is 10.3 Å². The molecule has 0 bridgehead atoms. The molecule has 2 rings (SSSR count). The first-order chi connectivity index (χ1) is 11.9. The van der Waals surface area contributed by atoms with Crippen molar-refractivity contribution in [1.29, 1.82) is 0 Å². The lowest BCUT2D eigenvalue weighted by Gasteiger charge is -2.09. The first-order valence-electron chi connectivity index (χ1n) is 8.50. The summed E-state index contributed by atoms with van der Waals surface area (Å²) in [5.41, 5.74) is 3.44. The molecule has 1 aromatic heterocycles. The topological polar surface area (TPSA) is 71.1 Å². The van der Waals surface area contributed by atoms with Crippen LogP contribution in [0.25, 0.3) is 0 Å². The van der Waals surface area contributed by atoms with Gasteiger partial charge in [-0.3, -0.25) is 9.59 Å². The van der Waals surface area contributed by atoms with E-state index < -0.39 is 0 Å². The molecule has 0 unspecified atom stereocenters. The third-order valence-electron chi connectivity index (χ3n) is 3.99. The molecule has 0 atom stereocenters. The number of carbonyl (C=O) groups is 2. The Bertz CT molecular complexity index is 769. The molecule has 5 heteroatoms. The molecule has 1 heterocycles. The van der Waals surface area contributed by atoms with E-state index in [4.69, 9.17) is 0 Å². The number of carbonyl (C=O) groups excluding carboxylic acids is 2. The number of rotatable bonds is 6. The maximum atomic E-state index is 12.4. The summed E-state index contributed by atoms with van der Waals surface area (Å²) in [5.74, 6) is -0.0788. The molecule has 0 aliphatic rings. The van der Waals surface area contributed by atoms with Crippen molar-refractivity contribution < 1.29 is 9.59 Å². The number of hydrogen-bond acceptors (Lipinski definition) is 3. The second kappa shape index (κ2) is 8.42. The molecule has 0 radical (unpaired) electrons. The van der Waals surface area contributed by atoms with Crippen LogP contribution >= 0.6 is 0 Å². The Morgan fingerprint density at radius 2 is 1.68 bits per heavy atom. The molecule has 5 nitrogen and oxygen atoms in total. The van der Waals surface area contributed by atoms with Crippen LogP contribution in [-0.2, 0) is 0 Å². The standard InChI is InChI=1S/C20H25N3O2/c1-13(2)10-11-21-19(24)17-6-5-7-18(23-17)20(25)22-16-9-8-14(3)15(4)12-16/h5-9,12-13H,10-11H2,1-4H3,(H,21,24)(H,22,25). The fraction of sp³-hybridized carbons (Fsp3) is 0.350. The van der Waals surface area contributed by atoms with Crippen molar-refractivity contribution in [2.24, 2.45) is 5.92 Å². The first-order valence-corrected chi connectivity index (χ1v) is 8.50. The minimum absolute atomic E-state index is 0.217. The molecule has 132 valence electrons. The molecule has 0 fully saturated rings. The van der Waals surface area contributed by atoms with Gasteiger partial charge in [-0.1, -0.05) is 26.0 Å². The molecule has 0 aliphatic heterocycles. The van der Waals surface area contributed by atoms with E-state index in [0.29, 0.717) is 18.2 Å². The van der Waals surface area contributed by atoms with Crippen molar-refractivity contribution in [3.8, 4) is 0 Å². The number of aromatic nitrogens is 1. The smallest absolute Gasteiger partial charge is 0.274 e. The van der Waals surface area contributed by atoms with Gasteiger partial charge in [-0.05, 0) is 61.6 Å². The SMILES string of the molecule is Cc1ccc(NC(=O)c2cccc(C(=O)NCCC(C)C)n2)cc1C. The van der Waals surface area contributed by atoms with E-state index in [2.05, 4.69) is 29.5 Å². The molecule has 0 aliphatic carbocycles. The molecule has 2 aromatic rings. The molecule has 0 spiro atoms. The van der Waals surface area contributed by atoms with Crippen molar-refractivity contribution in [3.05, 3.63) is 58.9 Å². The van der Waals surface area contributed by atoms with Gasteiger partial charge in [-0.25, -0.2) is 4.98 Å². The van der Waals surface area contributed by atoms with Crippen LogP contribution in [0.5, 0.6) is 0 Å². The molecular formula is C20H25N3O2. The normalized spacial score (nSPS) is 10.6. The maximum absolute atomic E-state index is 12.4. The minimum atomic E-state index is -0.333. The summed E-state index contributed by atoms with van der Waals surface area (Å²) < 4.78 is 0. The van der Waals surface area contributed by atoms with Crippen LogP contribution in [0, 0.1) is 19.8 Å². The summed E-state index contributed by atoms with van der Waals surface area (Å²) in [6.07, 6.45) is 0.901. The van der Waals surface area contributed by atoms with Gasteiger partial charge in [-0.15, -0.1) is 0 Å². The van der Waals surface area contributed by atoms with E-state index in [0.717, 1.165) is 17.5 Å². The summed E-state index contributed by atoms with van der Waals surface area (Å²) in [4.78, 5) is 28.7. The van der Waals surface area contributed by atoms with Crippen LogP contribution in [0.3, 0.4) is 0 Å². The summed E-state index contributed by atoms with van der Waals surface area (Å²) in [5, 5.41) is 5.64. The average Bonchev–Trinajstić information content (AvgIpc) is 2.58. The minimum Gasteiger partial charge on any atom is -0.351 e. The number of nitrogens with one attached hydrogen (secondary N) is 2. The molecule has 2 N–H and O–H groups in total. The van der Waals surface area contributed by atoms with Gasteiger partial charge in [0.2, 0.25) is 0 Å². The molecule has 0 saturated carbocycles. The van der Waals surface area contributed by atoms with Crippen LogP contribution in [0.4, 0.5) is 5.69 Å². The zero-order chi connectivity index (χ0) is 18.4. The van der Waals surface area contributed by atoms with E-state index in [1.807, 2.05) is 32.0 Å². The number of aryl methyl sites for hydroxylation is 2. The van der Waals surface area contributed by atoms with E-state index in [1.165, 1.54) is 0 Å². The predicted octanol–water partition coefficient (Wildman–Crippen LogP) is 3.73. The van der Waals surface area contributed by atoms with Crippen molar-refractivity contribution in [2.45, 2.75) is 34.1 Å². The van der Waals surface area contributed by atoms with Crippen LogP contribution < -0.4 is 10.6 Å². The van der Waals surface area contributed by atoms with E-state index in [9.17, 15) is 9.59 Å². The number of benzene rings is 1. The second-order valence-electron chi connectivity index (χ2n) is 6.60. The largest absolute Gasteiger partial charge is 0.351 e. The number of nitrogens with zero attached hydrogens (tertiary/aromatic N) is 1. The van der Waals surface area contributed by atoms with Gasteiger partial charge < -0.3 is 10.6 Å². The predicted molar refractivity (Wildman–Crippen MR) is 99.9 cm³/mol. The number of pyridine rings is 1. The third-order valence-corrected chi connectivity index (χ3v) is 3.99. The number of anilines is 1.